The molecule has 64 valence electrons. The Morgan fingerprint density at radius 1 is 0.786 bits per heavy atom. The molecule has 0 heterocycles. The number of rotatable bonds is 0. The summed E-state index contributed by atoms with van der Waals surface area (Å²) in [6, 6.07) is 15.0. The molecule has 0 aliphatic heterocycles. The lowest BCUT2D eigenvalue weighted by Crippen LogP contribution is -1.70. The Bertz CT molecular complexity index is 529. The van der Waals surface area contributed by atoms with Crippen molar-refractivity contribution >= 4 is 0 Å². The van der Waals surface area contributed by atoms with Crippen molar-refractivity contribution in [2.45, 2.75) is 0 Å². The van der Waals surface area contributed by atoms with Crippen molar-refractivity contribution in [3.8, 4) is 23.3 Å². The molecule has 2 aliphatic carbocycles. The van der Waals surface area contributed by atoms with E-state index < -0.39 is 0 Å². The van der Waals surface area contributed by atoms with E-state index in [0.29, 0.717) is 11.1 Å². The topological polar surface area (TPSA) is 47.6 Å². The minimum absolute atomic E-state index is 0.602. The predicted molar refractivity (Wildman–Crippen MR) is 52.5 cm³/mol. The Hall–Kier alpha value is -2.32. The van der Waals surface area contributed by atoms with Crippen LogP contribution < -0.4 is 0 Å². The quantitative estimate of drug-likeness (QED) is 0.622. The minimum Gasteiger partial charge on any atom is -0.192 e. The maximum absolute atomic E-state index is 8.82. The highest BCUT2D eigenvalue weighted by Gasteiger charge is 2.06. The molecule has 0 saturated carbocycles. The fraction of sp³-hybridized carbons (Fsp3) is 0. The minimum atomic E-state index is 0.602. The Labute approximate surface area is 82.0 Å². The van der Waals surface area contributed by atoms with E-state index >= 15 is 0 Å². The molecule has 0 spiro atoms. The normalized spacial score (nSPS) is 9.29. The van der Waals surface area contributed by atoms with Crippen molar-refractivity contribution in [3.05, 3.63) is 47.5 Å². The lowest BCUT2D eigenvalue weighted by atomic mass is 10.1. The first-order valence-electron chi connectivity index (χ1n) is 4.18. The van der Waals surface area contributed by atoms with Gasteiger partial charge in [0.2, 0.25) is 0 Å². The lowest BCUT2D eigenvalue weighted by molar-refractivity contribution is 1.50. The molecule has 0 aromatic carbocycles. The predicted octanol–water partition coefficient (Wildman–Crippen LogP) is 2.53. The molecule has 2 rings (SSSR count). The smallest absolute Gasteiger partial charge is 0.0998 e. The third kappa shape index (κ3) is 1.20. The zero-order valence-electron chi connectivity index (χ0n) is 7.36. The molecule has 0 aromatic rings. The molecule has 0 fully saturated rings. The van der Waals surface area contributed by atoms with E-state index in [-0.39, 0.29) is 0 Å². The molecule has 0 amide bonds. The third-order valence-electron chi connectivity index (χ3n) is 2.15. The van der Waals surface area contributed by atoms with Gasteiger partial charge in [0.05, 0.1) is 23.3 Å². The van der Waals surface area contributed by atoms with Crippen molar-refractivity contribution in [1.82, 2.24) is 0 Å². The van der Waals surface area contributed by atoms with Crippen LogP contribution in [0.3, 0.4) is 0 Å². The van der Waals surface area contributed by atoms with Gasteiger partial charge in [0.1, 0.15) is 0 Å². The van der Waals surface area contributed by atoms with Gasteiger partial charge in [-0.2, -0.15) is 10.5 Å². The number of nitriles is 2. The second-order valence-electron chi connectivity index (χ2n) is 2.96. The first kappa shape index (κ1) is 8.29. The summed E-state index contributed by atoms with van der Waals surface area (Å²) in [5.41, 5.74) is 3.14. The van der Waals surface area contributed by atoms with Crippen LogP contribution in [-0.2, 0) is 0 Å². The number of fused-ring (bicyclic) bond motifs is 1. The number of nitrogens with zero attached hydrogens (tertiary/aromatic N) is 2. The molecule has 2 heteroatoms. The van der Waals surface area contributed by atoms with Crippen molar-refractivity contribution < 1.29 is 0 Å². The second kappa shape index (κ2) is 3.20. The zero-order valence-corrected chi connectivity index (χ0v) is 7.36. The summed E-state index contributed by atoms with van der Waals surface area (Å²) >= 11 is 0. The summed E-state index contributed by atoms with van der Waals surface area (Å²) in [6.07, 6.45) is 0. The first-order valence-corrected chi connectivity index (χ1v) is 4.18. The highest BCUT2D eigenvalue weighted by Crippen LogP contribution is 2.26. The van der Waals surface area contributed by atoms with Crippen LogP contribution in [0.4, 0.5) is 0 Å². The van der Waals surface area contributed by atoms with Crippen molar-refractivity contribution in [2.24, 2.45) is 0 Å². The van der Waals surface area contributed by atoms with Crippen LogP contribution in [-0.4, -0.2) is 0 Å². The molecule has 0 bridgehead atoms. The van der Waals surface area contributed by atoms with Crippen molar-refractivity contribution in [2.75, 3.05) is 0 Å². The van der Waals surface area contributed by atoms with Gasteiger partial charge in [-0.25, -0.2) is 0 Å². The summed E-state index contributed by atoms with van der Waals surface area (Å²) in [4.78, 5) is 0. The Morgan fingerprint density at radius 2 is 1.50 bits per heavy atom. The Morgan fingerprint density at radius 3 is 2.21 bits per heavy atom. The van der Waals surface area contributed by atoms with E-state index in [1.165, 1.54) is 0 Å². The summed E-state index contributed by atoms with van der Waals surface area (Å²) < 4.78 is 0. The van der Waals surface area contributed by atoms with Gasteiger partial charge in [-0.05, 0) is 29.3 Å². The van der Waals surface area contributed by atoms with Gasteiger partial charge in [-0.3, -0.25) is 0 Å². The molecule has 0 atom stereocenters. The van der Waals surface area contributed by atoms with E-state index in [2.05, 4.69) is 12.1 Å². The Kier molecular flexibility index (Phi) is 1.89. The van der Waals surface area contributed by atoms with E-state index in [4.69, 9.17) is 10.5 Å². The molecule has 14 heavy (non-hydrogen) atoms. The third-order valence-corrected chi connectivity index (χ3v) is 2.15. The van der Waals surface area contributed by atoms with Gasteiger partial charge in [0, 0.05) is 0 Å². The van der Waals surface area contributed by atoms with Crippen molar-refractivity contribution in [3.63, 3.8) is 0 Å². The fourth-order valence-electron chi connectivity index (χ4n) is 1.42. The molecular weight excluding hydrogens is 172 g/mol. The van der Waals surface area contributed by atoms with Crippen LogP contribution in [0.25, 0.3) is 11.1 Å². The van der Waals surface area contributed by atoms with E-state index in [1.807, 2.05) is 18.2 Å². The Balaban J connectivity index is 2.72. The highest BCUT2D eigenvalue weighted by atomic mass is 14.3. The largest absolute Gasteiger partial charge is 0.192 e. The molecular formula is C12H6N2. The van der Waals surface area contributed by atoms with E-state index in [1.54, 1.807) is 18.2 Å². The number of hydrogen-bond acceptors (Lipinski definition) is 2. The summed E-state index contributed by atoms with van der Waals surface area (Å²) in [5, 5.41) is 17.5. The monoisotopic (exact) mass is 178 g/mol. The molecule has 2 aliphatic rings. The number of hydrogen-bond donors (Lipinski definition) is 0. The summed E-state index contributed by atoms with van der Waals surface area (Å²) in [7, 11) is 0. The van der Waals surface area contributed by atoms with Crippen molar-refractivity contribution in [1.29, 1.82) is 10.5 Å². The molecule has 0 aromatic heterocycles. The molecule has 0 saturated heterocycles. The molecule has 0 unspecified atom stereocenters. The zero-order chi connectivity index (χ0) is 9.97. The van der Waals surface area contributed by atoms with Gasteiger partial charge in [-0.1, -0.05) is 18.2 Å². The standard InChI is InChI=1S/C12H6N2/c13-7-9-1-3-10-4-5-11(8-14)12(10)6-2-9/h1-6H. The lowest BCUT2D eigenvalue weighted by Gasteiger charge is -1.89. The highest BCUT2D eigenvalue weighted by molar-refractivity contribution is 5.73. The first-order chi connectivity index (χ1) is 6.85. The SMILES string of the molecule is N#Cc1ccc2ccc(C#N)c-2cc1. The van der Waals surface area contributed by atoms with Crippen LogP contribution in [0, 0.1) is 22.7 Å². The van der Waals surface area contributed by atoms with Crippen LogP contribution >= 0.6 is 0 Å². The van der Waals surface area contributed by atoms with Gasteiger partial charge in [0.25, 0.3) is 0 Å². The maximum Gasteiger partial charge on any atom is 0.0998 e. The van der Waals surface area contributed by atoms with Gasteiger partial charge in [0.15, 0.2) is 0 Å². The van der Waals surface area contributed by atoms with E-state index in [0.717, 1.165) is 11.1 Å². The van der Waals surface area contributed by atoms with E-state index in [9.17, 15) is 0 Å². The summed E-state index contributed by atoms with van der Waals surface area (Å²) in [6.45, 7) is 0. The van der Waals surface area contributed by atoms with Crippen LogP contribution in [0.5, 0.6) is 0 Å². The molecule has 0 N–H and O–H groups in total. The second-order valence-corrected chi connectivity index (χ2v) is 2.96. The maximum atomic E-state index is 8.82. The van der Waals surface area contributed by atoms with Gasteiger partial charge >= 0.3 is 0 Å². The molecule has 2 nitrogen and oxygen atoms in total. The average Bonchev–Trinajstić information content (AvgIpc) is 2.50. The fourth-order valence-corrected chi connectivity index (χ4v) is 1.42. The van der Waals surface area contributed by atoms with Crippen LogP contribution in [0.2, 0.25) is 0 Å². The average molecular weight is 178 g/mol. The van der Waals surface area contributed by atoms with Crippen LogP contribution in [0.1, 0.15) is 11.1 Å². The summed E-state index contributed by atoms with van der Waals surface area (Å²) in [5.74, 6) is 0. The molecule has 0 radical (unpaired) electrons. The van der Waals surface area contributed by atoms with Crippen LogP contribution in [0.15, 0.2) is 36.4 Å². The van der Waals surface area contributed by atoms with Gasteiger partial charge in [-0.15, -0.1) is 0 Å². The van der Waals surface area contributed by atoms with Gasteiger partial charge < -0.3 is 0 Å².